The molecule has 0 saturated heterocycles. The molecule has 0 atom stereocenters. The van der Waals surface area contributed by atoms with Crippen LogP contribution < -0.4 is 15.9 Å². The van der Waals surface area contributed by atoms with E-state index in [1.54, 1.807) is 0 Å². The molecule has 0 nitrogen and oxygen atoms in total. The summed E-state index contributed by atoms with van der Waals surface area (Å²) in [5, 5.41) is 4.30. The molecule has 0 aliphatic heterocycles. The van der Waals surface area contributed by atoms with E-state index in [0.29, 0.717) is 0 Å². The molecule has 152 valence electrons. The van der Waals surface area contributed by atoms with Crippen LogP contribution in [0, 0.1) is 0 Å². The van der Waals surface area contributed by atoms with Crippen LogP contribution in [0.5, 0.6) is 0 Å². The summed E-state index contributed by atoms with van der Waals surface area (Å²) >= 11 is 0. The molecule has 0 saturated carbocycles. The van der Waals surface area contributed by atoms with Gasteiger partial charge in [0.05, 0.1) is 0 Å². The molecule has 0 radical (unpaired) electrons. The fourth-order valence-corrected chi connectivity index (χ4v) is 6.64. The Hall–Kier alpha value is -2.43. The highest BCUT2D eigenvalue weighted by Crippen LogP contribution is 2.41. The van der Waals surface area contributed by atoms with Gasteiger partial charge in [-0.25, -0.2) is 0 Å². The van der Waals surface area contributed by atoms with Crippen molar-refractivity contribution in [3.8, 4) is 0 Å². The molecule has 3 aromatic carbocycles. The van der Waals surface area contributed by atoms with Crippen molar-refractivity contribution in [3.05, 3.63) is 107 Å². The lowest BCUT2D eigenvalue weighted by Gasteiger charge is -2.27. The highest BCUT2D eigenvalue weighted by molar-refractivity contribution is 7.80. The van der Waals surface area contributed by atoms with E-state index >= 15 is 0 Å². The van der Waals surface area contributed by atoms with Gasteiger partial charge in [0.2, 0.25) is 0 Å². The highest BCUT2D eigenvalue weighted by Gasteiger charge is 2.25. The third-order valence-electron chi connectivity index (χ3n) is 6.12. The van der Waals surface area contributed by atoms with Gasteiger partial charge in [-0.1, -0.05) is 105 Å². The zero-order valence-electron chi connectivity index (χ0n) is 18.7. The van der Waals surface area contributed by atoms with Crippen LogP contribution in [0.1, 0.15) is 52.2 Å². The zero-order valence-corrected chi connectivity index (χ0v) is 19.6. The fourth-order valence-electron chi connectivity index (χ4n) is 4.13. The van der Waals surface area contributed by atoms with Gasteiger partial charge in [0.1, 0.15) is 0 Å². The lowest BCUT2D eigenvalue weighted by molar-refractivity contribution is 0.591. The normalized spacial score (nSPS) is 14.4. The molecule has 0 bridgehead atoms. The zero-order chi connectivity index (χ0) is 21.3. The second kappa shape index (κ2) is 8.37. The first kappa shape index (κ1) is 20.8. The summed E-state index contributed by atoms with van der Waals surface area (Å²) in [4.78, 5) is 0. The van der Waals surface area contributed by atoms with Crippen molar-refractivity contribution in [2.45, 2.75) is 46.5 Å². The molecule has 3 aromatic rings. The van der Waals surface area contributed by atoms with Crippen LogP contribution in [0.3, 0.4) is 0 Å². The lowest BCUT2D eigenvalue weighted by atomic mass is 9.86. The Balaban J connectivity index is 2.00. The summed E-state index contributed by atoms with van der Waals surface area (Å²) in [6.45, 7) is 11.5. The Kier molecular flexibility index (Phi) is 5.81. The largest absolute Gasteiger partial charge is 0.0769 e. The monoisotopic (exact) mass is 410 g/mol. The van der Waals surface area contributed by atoms with Crippen LogP contribution in [0.2, 0.25) is 0 Å². The minimum Gasteiger partial charge on any atom is -0.0769 e. The van der Waals surface area contributed by atoms with Crippen LogP contribution in [0.15, 0.2) is 96.1 Å². The predicted molar refractivity (Wildman–Crippen MR) is 135 cm³/mol. The molecular weight excluding hydrogens is 379 g/mol. The number of hydrogen-bond acceptors (Lipinski definition) is 0. The minimum atomic E-state index is -0.637. The topological polar surface area (TPSA) is 0 Å². The maximum absolute atomic E-state index is 2.50. The van der Waals surface area contributed by atoms with Gasteiger partial charge in [-0.2, -0.15) is 0 Å². The Bertz CT molecular complexity index is 1060. The molecule has 30 heavy (non-hydrogen) atoms. The van der Waals surface area contributed by atoms with E-state index in [4.69, 9.17) is 0 Å². The highest BCUT2D eigenvalue weighted by atomic mass is 31.1. The van der Waals surface area contributed by atoms with Crippen molar-refractivity contribution < 1.29 is 0 Å². The van der Waals surface area contributed by atoms with Crippen molar-refractivity contribution in [1.29, 1.82) is 0 Å². The maximum atomic E-state index is 2.50. The average Bonchev–Trinajstić information content (AvgIpc) is 3.07. The first-order chi connectivity index (χ1) is 14.4. The van der Waals surface area contributed by atoms with Gasteiger partial charge < -0.3 is 0 Å². The molecular formula is C29H31P. The fraction of sp³-hybridized carbons (Fsp3) is 0.241. The van der Waals surface area contributed by atoms with Gasteiger partial charge in [0.15, 0.2) is 0 Å². The molecule has 0 heterocycles. The van der Waals surface area contributed by atoms with E-state index < -0.39 is 7.92 Å². The summed E-state index contributed by atoms with van der Waals surface area (Å²) in [6.07, 6.45) is 3.41. The van der Waals surface area contributed by atoms with E-state index in [1.165, 1.54) is 43.8 Å². The third kappa shape index (κ3) is 4.07. The second-order valence-corrected chi connectivity index (χ2v) is 11.4. The average molecular weight is 411 g/mol. The lowest BCUT2D eigenvalue weighted by Crippen LogP contribution is -2.25. The molecule has 0 spiro atoms. The van der Waals surface area contributed by atoms with Crippen LogP contribution in [-0.4, -0.2) is 0 Å². The quantitative estimate of drug-likeness (QED) is 0.412. The first-order valence-corrected chi connectivity index (χ1v) is 12.1. The van der Waals surface area contributed by atoms with Gasteiger partial charge in [-0.05, 0) is 77.9 Å². The van der Waals surface area contributed by atoms with Gasteiger partial charge >= 0.3 is 0 Å². The Morgan fingerprint density at radius 3 is 1.77 bits per heavy atom. The van der Waals surface area contributed by atoms with Crippen LogP contribution in [0.25, 0.3) is 5.57 Å². The SMILES string of the molecule is CC1=CCC(c2ccc(C(C)(C)C)cc2P(c2ccccc2)c2ccccc2)=C1C. The number of rotatable bonds is 4. The summed E-state index contributed by atoms with van der Waals surface area (Å²) < 4.78 is 0. The Labute approximate surface area is 183 Å². The van der Waals surface area contributed by atoms with Crippen molar-refractivity contribution >= 4 is 29.4 Å². The number of benzene rings is 3. The van der Waals surface area contributed by atoms with E-state index in [2.05, 4.69) is 120 Å². The van der Waals surface area contributed by atoms with Gasteiger partial charge in [0.25, 0.3) is 0 Å². The van der Waals surface area contributed by atoms with Gasteiger partial charge in [0, 0.05) is 0 Å². The van der Waals surface area contributed by atoms with Crippen LogP contribution in [-0.2, 0) is 5.41 Å². The number of hydrogen-bond donors (Lipinski definition) is 0. The summed E-state index contributed by atoms with van der Waals surface area (Å²) in [5.74, 6) is 0. The van der Waals surface area contributed by atoms with Gasteiger partial charge in [-0.15, -0.1) is 0 Å². The molecule has 0 N–H and O–H groups in total. The van der Waals surface area contributed by atoms with Crippen molar-refractivity contribution in [3.63, 3.8) is 0 Å². The molecule has 0 unspecified atom stereocenters. The smallest absolute Gasteiger partial charge is 0.00727 e. The first-order valence-electron chi connectivity index (χ1n) is 10.8. The van der Waals surface area contributed by atoms with E-state index in [1.807, 2.05) is 0 Å². The summed E-state index contributed by atoms with van der Waals surface area (Å²) in [5.41, 5.74) is 7.29. The van der Waals surface area contributed by atoms with E-state index in [-0.39, 0.29) is 5.41 Å². The van der Waals surface area contributed by atoms with Crippen molar-refractivity contribution in [2.75, 3.05) is 0 Å². The molecule has 0 fully saturated rings. The van der Waals surface area contributed by atoms with Crippen molar-refractivity contribution in [2.24, 2.45) is 0 Å². The molecule has 0 amide bonds. The van der Waals surface area contributed by atoms with Crippen LogP contribution in [0.4, 0.5) is 0 Å². The molecule has 1 heteroatoms. The standard InChI is InChI=1S/C29H31P/c1-21-16-18-26(22(21)2)27-19-17-23(29(3,4)5)20-28(27)30(24-12-8-6-9-13-24)25-14-10-7-11-15-25/h6-17,19-20H,18H2,1-5H3. The third-order valence-corrected chi connectivity index (χ3v) is 8.60. The maximum Gasteiger partial charge on any atom is -0.00727 e. The van der Waals surface area contributed by atoms with E-state index in [9.17, 15) is 0 Å². The van der Waals surface area contributed by atoms with E-state index in [0.717, 1.165) is 6.42 Å². The molecule has 1 aliphatic rings. The summed E-state index contributed by atoms with van der Waals surface area (Å²) in [6, 6.07) is 29.3. The minimum absolute atomic E-state index is 0.120. The molecule has 4 rings (SSSR count). The Morgan fingerprint density at radius 2 is 1.30 bits per heavy atom. The Morgan fingerprint density at radius 1 is 0.733 bits per heavy atom. The summed E-state index contributed by atoms with van der Waals surface area (Å²) in [7, 11) is -0.637. The molecule has 1 aliphatic carbocycles. The predicted octanol–water partition coefficient (Wildman–Crippen LogP) is 6.87. The number of allylic oxidation sites excluding steroid dienone is 4. The van der Waals surface area contributed by atoms with Crippen LogP contribution >= 0.6 is 7.92 Å². The molecule has 0 aromatic heterocycles. The van der Waals surface area contributed by atoms with Gasteiger partial charge in [-0.3, -0.25) is 0 Å². The second-order valence-electron chi connectivity index (χ2n) is 9.18. The van der Waals surface area contributed by atoms with Crippen molar-refractivity contribution in [1.82, 2.24) is 0 Å².